The van der Waals surface area contributed by atoms with Crippen LogP contribution < -0.4 is 4.72 Å². The van der Waals surface area contributed by atoms with Gasteiger partial charge in [-0.05, 0) is 26.0 Å². The third-order valence-electron chi connectivity index (χ3n) is 3.02. The predicted octanol–water partition coefficient (Wildman–Crippen LogP) is 0.508. The first-order valence-corrected chi connectivity index (χ1v) is 7.47. The molecule has 2 aromatic rings. The lowest BCUT2D eigenvalue weighted by Crippen LogP contribution is -2.38. The van der Waals surface area contributed by atoms with Crippen LogP contribution in [0.2, 0.25) is 0 Å². The van der Waals surface area contributed by atoms with Crippen LogP contribution in [0.15, 0.2) is 34.0 Å². The second-order valence-electron chi connectivity index (χ2n) is 4.81. The Morgan fingerprint density at radius 3 is 2.75 bits per heavy atom. The summed E-state index contributed by atoms with van der Waals surface area (Å²) in [5, 5.41) is 10.1. The number of aliphatic hydroxyl groups is 1. The van der Waals surface area contributed by atoms with Crippen molar-refractivity contribution in [3.05, 3.63) is 36.2 Å². The summed E-state index contributed by atoms with van der Waals surface area (Å²) in [5.41, 5.74) is -1.43. The van der Waals surface area contributed by atoms with Gasteiger partial charge in [-0.2, -0.15) is 0 Å². The molecule has 2 aromatic heterocycles. The van der Waals surface area contributed by atoms with Gasteiger partial charge < -0.3 is 14.1 Å². The molecule has 2 rings (SSSR count). The first-order chi connectivity index (χ1) is 9.22. The van der Waals surface area contributed by atoms with E-state index < -0.39 is 15.6 Å². The maximum Gasteiger partial charge on any atom is 0.259 e. The zero-order chi connectivity index (χ0) is 15.0. The fourth-order valence-electron chi connectivity index (χ4n) is 1.64. The Kier molecular flexibility index (Phi) is 3.72. The van der Waals surface area contributed by atoms with E-state index in [9.17, 15) is 13.5 Å². The second-order valence-corrected chi connectivity index (χ2v) is 6.53. The highest BCUT2D eigenvalue weighted by atomic mass is 32.2. The highest BCUT2D eigenvalue weighted by Gasteiger charge is 2.29. The van der Waals surface area contributed by atoms with E-state index in [1.165, 1.54) is 19.4 Å². The zero-order valence-corrected chi connectivity index (χ0v) is 12.3. The van der Waals surface area contributed by atoms with Crippen LogP contribution in [0.3, 0.4) is 0 Å². The van der Waals surface area contributed by atoms with Crippen molar-refractivity contribution >= 4 is 10.0 Å². The molecule has 20 heavy (non-hydrogen) atoms. The molecule has 0 amide bonds. The Morgan fingerprint density at radius 2 is 2.25 bits per heavy atom. The van der Waals surface area contributed by atoms with E-state index in [0.717, 1.165) is 0 Å². The Labute approximate surface area is 117 Å². The molecule has 0 aliphatic rings. The van der Waals surface area contributed by atoms with Crippen LogP contribution in [0, 0.1) is 6.92 Å². The van der Waals surface area contributed by atoms with Gasteiger partial charge in [0.2, 0.25) is 0 Å². The van der Waals surface area contributed by atoms with Crippen molar-refractivity contribution in [2.75, 3.05) is 6.54 Å². The highest BCUT2D eigenvalue weighted by molar-refractivity contribution is 7.89. The van der Waals surface area contributed by atoms with Crippen molar-refractivity contribution in [2.24, 2.45) is 7.05 Å². The van der Waals surface area contributed by atoms with Gasteiger partial charge in [0.25, 0.3) is 10.0 Å². The van der Waals surface area contributed by atoms with E-state index >= 15 is 0 Å². The smallest absolute Gasteiger partial charge is 0.259 e. The molecule has 0 aromatic carbocycles. The maximum atomic E-state index is 12.1. The van der Waals surface area contributed by atoms with Crippen LogP contribution in [-0.4, -0.2) is 29.6 Å². The molecule has 0 bridgehead atoms. The molecule has 0 fully saturated rings. The van der Waals surface area contributed by atoms with Gasteiger partial charge >= 0.3 is 0 Å². The predicted molar refractivity (Wildman–Crippen MR) is 71.4 cm³/mol. The molecule has 2 N–H and O–H groups in total. The molecule has 0 aliphatic carbocycles. The molecule has 0 saturated carbocycles. The molecule has 110 valence electrons. The minimum Gasteiger partial charge on any atom is -0.466 e. The zero-order valence-electron chi connectivity index (χ0n) is 11.5. The number of hydrogen-bond donors (Lipinski definition) is 2. The SMILES string of the molecule is Cc1nc(S(=O)(=O)NCC(C)(O)c2ccco2)cn1C. The number of nitrogens with one attached hydrogen (secondary N) is 1. The summed E-state index contributed by atoms with van der Waals surface area (Å²) >= 11 is 0. The minimum absolute atomic E-state index is 0.0762. The van der Waals surface area contributed by atoms with Gasteiger partial charge in [-0.3, -0.25) is 0 Å². The molecule has 8 heteroatoms. The molecule has 0 aliphatic heterocycles. The van der Waals surface area contributed by atoms with E-state index in [1.807, 2.05) is 0 Å². The number of nitrogens with zero attached hydrogens (tertiary/aromatic N) is 2. The van der Waals surface area contributed by atoms with Crippen LogP contribution in [-0.2, 0) is 22.7 Å². The van der Waals surface area contributed by atoms with Crippen LogP contribution in [0.4, 0.5) is 0 Å². The van der Waals surface area contributed by atoms with Gasteiger partial charge in [0, 0.05) is 19.8 Å². The Balaban J connectivity index is 2.14. The largest absolute Gasteiger partial charge is 0.466 e. The maximum absolute atomic E-state index is 12.1. The van der Waals surface area contributed by atoms with E-state index in [0.29, 0.717) is 5.82 Å². The molecule has 0 saturated heterocycles. The van der Waals surface area contributed by atoms with Gasteiger partial charge in [0.15, 0.2) is 5.03 Å². The average molecular weight is 299 g/mol. The third kappa shape index (κ3) is 2.92. The standard InChI is InChI=1S/C12H17N3O4S/c1-9-14-11(7-15(9)3)20(17,18)13-8-12(2,16)10-5-4-6-19-10/h4-7,13,16H,8H2,1-3H3. The van der Waals surface area contributed by atoms with Crippen molar-refractivity contribution in [1.82, 2.24) is 14.3 Å². The van der Waals surface area contributed by atoms with E-state index in [2.05, 4.69) is 9.71 Å². The highest BCUT2D eigenvalue weighted by Crippen LogP contribution is 2.20. The van der Waals surface area contributed by atoms with Gasteiger partial charge in [0.1, 0.15) is 17.2 Å². The minimum atomic E-state index is -3.77. The van der Waals surface area contributed by atoms with Crippen molar-refractivity contribution in [3.63, 3.8) is 0 Å². The lowest BCUT2D eigenvalue weighted by molar-refractivity contribution is 0.0395. The van der Waals surface area contributed by atoms with E-state index in [4.69, 9.17) is 4.42 Å². The average Bonchev–Trinajstić information content (AvgIpc) is 2.99. The summed E-state index contributed by atoms with van der Waals surface area (Å²) in [6.45, 7) is 2.97. The molecule has 0 radical (unpaired) electrons. The van der Waals surface area contributed by atoms with Crippen molar-refractivity contribution in [3.8, 4) is 0 Å². The topological polar surface area (TPSA) is 97.4 Å². The summed E-state index contributed by atoms with van der Waals surface area (Å²) in [6.07, 6.45) is 2.83. The summed E-state index contributed by atoms with van der Waals surface area (Å²) in [5.74, 6) is 0.876. The molecular weight excluding hydrogens is 282 g/mol. The summed E-state index contributed by atoms with van der Waals surface area (Å²) in [4.78, 5) is 3.95. The number of aromatic nitrogens is 2. The molecule has 1 unspecified atom stereocenters. The third-order valence-corrected chi connectivity index (χ3v) is 4.29. The summed E-state index contributed by atoms with van der Waals surface area (Å²) < 4.78 is 33.2. The number of hydrogen-bond acceptors (Lipinski definition) is 5. The van der Waals surface area contributed by atoms with Gasteiger partial charge in [-0.15, -0.1) is 0 Å². The fraction of sp³-hybridized carbons (Fsp3) is 0.417. The quantitative estimate of drug-likeness (QED) is 0.838. The number of furan rings is 1. The fourth-order valence-corrected chi connectivity index (χ4v) is 2.81. The van der Waals surface area contributed by atoms with Crippen molar-refractivity contribution in [2.45, 2.75) is 24.5 Å². The van der Waals surface area contributed by atoms with Gasteiger partial charge in [-0.1, -0.05) is 0 Å². The van der Waals surface area contributed by atoms with Crippen LogP contribution in [0.5, 0.6) is 0 Å². The lowest BCUT2D eigenvalue weighted by atomic mass is 10.1. The molecule has 7 nitrogen and oxygen atoms in total. The van der Waals surface area contributed by atoms with E-state index in [1.54, 1.807) is 30.7 Å². The molecule has 1 atom stereocenters. The van der Waals surface area contributed by atoms with Crippen LogP contribution in [0.1, 0.15) is 18.5 Å². The monoisotopic (exact) mass is 299 g/mol. The normalized spacial score (nSPS) is 15.2. The number of sulfonamides is 1. The summed E-state index contributed by atoms with van der Waals surface area (Å²) in [7, 11) is -2.06. The Bertz CT molecular complexity index is 667. The van der Waals surface area contributed by atoms with Gasteiger partial charge in [-0.25, -0.2) is 18.1 Å². The van der Waals surface area contributed by atoms with E-state index in [-0.39, 0.29) is 17.3 Å². The Hall–Kier alpha value is -1.64. The van der Waals surface area contributed by atoms with Crippen molar-refractivity contribution in [1.29, 1.82) is 0 Å². The molecular formula is C12H17N3O4S. The second kappa shape index (κ2) is 5.04. The van der Waals surface area contributed by atoms with Gasteiger partial charge in [0.05, 0.1) is 6.26 Å². The lowest BCUT2D eigenvalue weighted by Gasteiger charge is -2.20. The first-order valence-electron chi connectivity index (χ1n) is 5.98. The molecule has 2 heterocycles. The number of aryl methyl sites for hydroxylation is 2. The number of imidazole rings is 1. The first kappa shape index (κ1) is 14.8. The Morgan fingerprint density at radius 1 is 1.55 bits per heavy atom. The van der Waals surface area contributed by atoms with Crippen LogP contribution >= 0.6 is 0 Å². The van der Waals surface area contributed by atoms with Crippen LogP contribution in [0.25, 0.3) is 0 Å². The number of rotatable bonds is 5. The van der Waals surface area contributed by atoms with Crippen molar-refractivity contribution < 1.29 is 17.9 Å². The summed E-state index contributed by atoms with van der Waals surface area (Å²) in [6, 6.07) is 3.21. The molecule has 0 spiro atoms.